The molecular formula is C15H29N3O2S. The molecular weight excluding hydrogens is 286 g/mol. The molecule has 1 aliphatic rings. The van der Waals surface area contributed by atoms with Gasteiger partial charge in [-0.05, 0) is 45.7 Å². The summed E-state index contributed by atoms with van der Waals surface area (Å²) < 4.78 is 23.1. The van der Waals surface area contributed by atoms with Crippen molar-refractivity contribution in [2.24, 2.45) is 0 Å². The summed E-state index contributed by atoms with van der Waals surface area (Å²) in [5.74, 6) is 0.529. The summed E-state index contributed by atoms with van der Waals surface area (Å²) in [6, 6.07) is 2.52. The van der Waals surface area contributed by atoms with Crippen molar-refractivity contribution in [3.05, 3.63) is 0 Å². The van der Waals surface area contributed by atoms with Crippen molar-refractivity contribution >= 4 is 9.84 Å². The molecule has 1 heterocycles. The van der Waals surface area contributed by atoms with Crippen LogP contribution < -0.4 is 5.32 Å². The van der Waals surface area contributed by atoms with Crippen LogP contribution in [0.2, 0.25) is 0 Å². The Bertz CT molecular complexity index is 458. The monoisotopic (exact) mass is 315 g/mol. The van der Waals surface area contributed by atoms with E-state index < -0.39 is 15.4 Å². The first kappa shape index (κ1) is 18.4. The van der Waals surface area contributed by atoms with E-state index in [9.17, 15) is 13.7 Å². The highest BCUT2D eigenvalue weighted by molar-refractivity contribution is 7.91. The summed E-state index contributed by atoms with van der Waals surface area (Å²) in [4.78, 5) is 2.23. The molecule has 0 saturated carbocycles. The molecule has 6 heteroatoms. The van der Waals surface area contributed by atoms with E-state index in [0.29, 0.717) is 6.54 Å². The van der Waals surface area contributed by atoms with Gasteiger partial charge in [0.2, 0.25) is 0 Å². The zero-order valence-electron chi connectivity index (χ0n) is 13.6. The lowest BCUT2D eigenvalue weighted by atomic mass is 9.91. The van der Waals surface area contributed by atoms with Gasteiger partial charge in [-0.25, -0.2) is 8.42 Å². The van der Waals surface area contributed by atoms with Crippen molar-refractivity contribution < 1.29 is 8.42 Å². The third-order valence-corrected chi connectivity index (χ3v) is 6.18. The largest absolute Gasteiger partial charge is 0.299 e. The van der Waals surface area contributed by atoms with E-state index in [0.717, 1.165) is 38.8 Å². The second-order valence-electron chi connectivity index (χ2n) is 6.08. The lowest BCUT2D eigenvalue weighted by Crippen LogP contribution is -2.48. The molecule has 21 heavy (non-hydrogen) atoms. The van der Waals surface area contributed by atoms with Gasteiger partial charge >= 0.3 is 0 Å². The van der Waals surface area contributed by atoms with E-state index in [2.05, 4.69) is 23.2 Å². The predicted molar refractivity (Wildman–Crippen MR) is 85.9 cm³/mol. The summed E-state index contributed by atoms with van der Waals surface area (Å²) in [6.45, 7) is 8.47. The summed E-state index contributed by atoms with van der Waals surface area (Å²) in [7, 11) is -2.85. The van der Waals surface area contributed by atoms with Gasteiger partial charge in [-0.15, -0.1) is 0 Å². The number of sulfone groups is 1. The molecule has 0 spiro atoms. The van der Waals surface area contributed by atoms with Crippen molar-refractivity contribution in [2.45, 2.75) is 58.0 Å². The fourth-order valence-corrected chi connectivity index (χ4v) is 4.50. The highest BCUT2D eigenvalue weighted by Crippen LogP contribution is 2.19. The Hall–Kier alpha value is -0.640. The van der Waals surface area contributed by atoms with Crippen molar-refractivity contribution in [1.29, 1.82) is 5.26 Å². The average molecular weight is 315 g/mol. The predicted octanol–water partition coefficient (Wildman–Crippen LogP) is 1.56. The molecule has 0 radical (unpaired) electrons. The van der Waals surface area contributed by atoms with E-state index in [-0.39, 0.29) is 17.5 Å². The zero-order valence-corrected chi connectivity index (χ0v) is 14.4. The van der Waals surface area contributed by atoms with Gasteiger partial charge in [-0.2, -0.15) is 5.26 Å². The minimum absolute atomic E-state index is 0.0884. The van der Waals surface area contributed by atoms with Gasteiger partial charge in [0.1, 0.15) is 5.54 Å². The second-order valence-corrected chi connectivity index (χ2v) is 8.31. The average Bonchev–Trinajstić information content (AvgIpc) is 2.44. The molecule has 0 aromatic carbocycles. The van der Waals surface area contributed by atoms with Crippen LogP contribution in [0.1, 0.15) is 46.5 Å². The maximum absolute atomic E-state index is 11.6. The first-order chi connectivity index (χ1) is 9.88. The molecule has 1 N–H and O–H groups in total. The molecule has 0 aromatic rings. The Morgan fingerprint density at radius 1 is 1.43 bits per heavy atom. The van der Waals surface area contributed by atoms with Crippen molar-refractivity contribution in [2.75, 3.05) is 31.1 Å². The molecule has 1 saturated heterocycles. The smallest absolute Gasteiger partial charge is 0.153 e. The number of nitrogens with one attached hydrogen (secondary N) is 1. The summed E-state index contributed by atoms with van der Waals surface area (Å²) in [6.07, 6.45) is 3.55. The molecule has 2 unspecified atom stereocenters. The molecule has 0 aromatic heterocycles. The standard InChI is InChI=1S/C15H29N3O2S/c1-4-8-17-15(5-2,13-16)7-6-9-18-10-11-21(19,20)12-14(18)3/h14,17H,4-12H2,1-3H3. The van der Waals surface area contributed by atoms with Crippen molar-refractivity contribution in [3.63, 3.8) is 0 Å². The summed E-state index contributed by atoms with van der Waals surface area (Å²) in [5, 5.41) is 12.8. The number of hydrogen-bond donors (Lipinski definition) is 1. The van der Waals surface area contributed by atoms with E-state index in [1.54, 1.807) is 0 Å². The minimum atomic E-state index is -2.85. The van der Waals surface area contributed by atoms with Crippen LogP contribution in [0.4, 0.5) is 0 Å². The van der Waals surface area contributed by atoms with Crippen LogP contribution in [0.25, 0.3) is 0 Å². The fourth-order valence-electron chi connectivity index (χ4n) is 2.88. The van der Waals surface area contributed by atoms with Crippen LogP contribution in [0.15, 0.2) is 0 Å². The van der Waals surface area contributed by atoms with Gasteiger partial charge in [-0.3, -0.25) is 10.2 Å². The van der Waals surface area contributed by atoms with Crippen LogP contribution in [-0.2, 0) is 9.84 Å². The van der Waals surface area contributed by atoms with Crippen LogP contribution in [0.3, 0.4) is 0 Å². The fraction of sp³-hybridized carbons (Fsp3) is 0.933. The van der Waals surface area contributed by atoms with Gasteiger partial charge in [0.15, 0.2) is 9.84 Å². The van der Waals surface area contributed by atoms with E-state index >= 15 is 0 Å². The number of hydrogen-bond acceptors (Lipinski definition) is 5. The Labute approximate surface area is 129 Å². The molecule has 0 aliphatic carbocycles. The van der Waals surface area contributed by atoms with Crippen LogP contribution in [0.5, 0.6) is 0 Å². The van der Waals surface area contributed by atoms with E-state index in [1.165, 1.54) is 0 Å². The van der Waals surface area contributed by atoms with Gasteiger partial charge in [0.05, 0.1) is 17.6 Å². The van der Waals surface area contributed by atoms with Gasteiger partial charge in [0.25, 0.3) is 0 Å². The van der Waals surface area contributed by atoms with Gasteiger partial charge in [0, 0.05) is 12.6 Å². The second kappa shape index (κ2) is 8.11. The normalized spacial score (nSPS) is 25.1. The Morgan fingerprint density at radius 2 is 2.14 bits per heavy atom. The third-order valence-electron chi connectivity index (χ3n) is 4.39. The molecule has 0 amide bonds. The summed E-state index contributed by atoms with van der Waals surface area (Å²) >= 11 is 0. The van der Waals surface area contributed by atoms with Crippen LogP contribution in [-0.4, -0.2) is 56.0 Å². The van der Waals surface area contributed by atoms with Gasteiger partial charge < -0.3 is 0 Å². The van der Waals surface area contributed by atoms with Gasteiger partial charge in [-0.1, -0.05) is 13.8 Å². The quantitative estimate of drug-likeness (QED) is 0.736. The van der Waals surface area contributed by atoms with Crippen LogP contribution in [0, 0.1) is 11.3 Å². The Balaban J connectivity index is 2.46. The lowest BCUT2D eigenvalue weighted by molar-refractivity contribution is 0.213. The van der Waals surface area contributed by atoms with Crippen molar-refractivity contribution in [1.82, 2.24) is 10.2 Å². The Kier molecular flexibility index (Phi) is 7.11. The first-order valence-electron chi connectivity index (χ1n) is 7.99. The molecule has 5 nitrogen and oxygen atoms in total. The molecule has 122 valence electrons. The molecule has 1 fully saturated rings. The summed E-state index contributed by atoms with van der Waals surface area (Å²) in [5.41, 5.74) is -0.429. The lowest BCUT2D eigenvalue weighted by Gasteiger charge is -2.34. The molecule has 1 aliphatic heterocycles. The maximum atomic E-state index is 11.6. The first-order valence-corrected chi connectivity index (χ1v) is 9.81. The zero-order chi connectivity index (χ0) is 15.9. The van der Waals surface area contributed by atoms with E-state index in [4.69, 9.17) is 0 Å². The van der Waals surface area contributed by atoms with Crippen LogP contribution >= 0.6 is 0 Å². The molecule has 1 rings (SSSR count). The highest BCUT2D eigenvalue weighted by Gasteiger charge is 2.30. The highest BCUT2D eigenvalue weighted by atomic mass is 32.2. The number of rotatable bonds is 8. The van der Waals surface area contributed by atoms with Crippen molar-refractivity contribution in [3.8, 4) is 6.07 Å². The maximum Gasteiger partial charge on any atom is 0.153 e. The minimum Gasteiger partial charge on any atom is -0.299 e. The third kappa shape index (κ3) is 5.57. The Morgan fingerprint density at radius 3 is 2.67 bits per heavy atom. The molecule has 0 bridgehead atoms. The number of nitriles is 1. The topological polar surface area (TPSA) is 73.2 Å². The molecule has 2 atom stereocenters. The SMILES string of the molecule is CCCNC(C#N)(CC)CCCN1CCS(=O)(=O)CC1C. The number of nitrogens with zero attached hydrogens (tertiary/aromatic N) is 2. The van der Waals surface area contributed by atoms with E-state index in [1.807, 2.05) is 13.8 Å².